The Balaban J connectivity index is 2.19. The fraction of sp³-hybridized carbons (Fsp3) is 0.714. The van der Waals surface area contributed by atoms with Crippen LogP contribution < -0.4 is 5.73 Å². The molecular formula is C7H11N3OS. The van der Waals surface area contributed by atoms with Gasteiger partial charge in [0.25, 0.3) is 0 Å². The van der Waals surface area contributed by atoms with Crippen molar-refractivity contribution < 1.29 is 4.74 Å². The van der Waals surface area contributed by atoms with Gasteiger partial charge in [-0.1, -0.05) is 4.49 Å². The topological polar surface area (TPSA) is 61.0 Å². The van der Waals surface area contributed by atoms with Crippen LogP contribution in [0.4, 0.5) is 0 Å². The number of hydrogen-bond donors (Lipinski definition) is 1. The van der Waals surface area contributed by atoms with Crippen LogP contribution in [-0.2, 0) is 11.3 Å². The maximum Gasteiger partial charge on any atom is 0.0855 e. The van der Waals surface area contributed by atoms with Crippen molar-refractivity contribution in [2.45, 2.75) is 18.9 Å². The standard InChI is InChI=1S/C7H11N3OS/c8-3-6-7(9-10-12-6)5-1-2-11-4-5/h5H,1-4,8H2. The van der Waals surface area contributed by atoms with Gasteiger partial charge >= 0.3 is 0 Å². The van der Waals surface area contributed by atoms with Crippen LogP contribution in [0.1, 0.15) is 22.9 Å². The summed E-state index contributed by atoms with van der Waals surface area (Å²) < 4.78 is 9.17. The molecule has 12 heavy (non-hydrogen) atoms. The molecule has 1 aromatic heterocycles. The van der Waals surface area contributed by atoms with E-state index in [4.69, 9.17) is 10.5 Å². The maximum absolute atomic E-state index is 5.55. The molecule has 5 heteroatoms. The fourth-order valence-corrected chi connectivity index (χ4v) is 2.02. The van der Waals surface area contributed by atoms with E-state index < -0.39 is 0 Å². The van der Waals surface area contributed by atoms with Gasteiger partial charge in [0.05, 0.1) is 17.2 Å². The van der Waals surface area contributed by atoms with Gasteiger partial charge in [-0.2, -0.15) is 0 Å². The highest BCUT2D eigenvalue weighted by Gasteiger charge is 2.23. The highest BCUT2D eigenvalue weighted by molar-refractivity contribution is 7.05. The Morgan fingerprint density at radius 2 is 2.58 bits per heavy atom. The van der Waals surface area contributed by atoms with Crippen molar-refractivity contribution in [3.05, 3.63) is 10.6 Å². The van der Waals surface area contributed by atoms with Gasteiger partial charge in [-0.25, -0.2) is 0 Å². The van der Waals surface area contributed by atoms with Crippen molar-refractivity contribution in [1.29, 1.82) is 0 Å². The van der Waals surface area contributed by atoms with E-state index in [0.717, 1.165) is 30.2 Å². The predicted molar refractivity (Wildman–Crippen MR) is 46.0 cm³/mol. The first-order valence-electron chi connectivity index (χ1n) is 4.00. The maximum atomic E-state index is 5.55. The quantitative estimate of drug-likeness (QED) is 0.729. The largest absolute Gasteiger partial charge is 0.381 e. The first-order chi connectivity index (χ1) is 5.92. The summed E-state index contributed by atoms with van der Waals surface area (Å²) in [6, 6.07) is 0. The highest BCUT2D eigenvalue weighted by atomic mass is 32.1. The summed E-state index contributed by atoms with van der Waals surface area (Å²) in [6.45, 7) is 2.16. The van der Waals surface area contributed by atoms with Gasteiger partial charge in [-0.05, 0) is 18.0 Å². The molecule has 0 amide bonds. The molecular weight excluding hydrogens is 174 g/mol. The summed E-state index contributed by atoms with van der Waals surface area (Å²) in [5.41, 5.74) is 6.61. The van der Waals surface area contributed by atoms with Crippen LogP contribution in [-0.4, -0.2) is 22.8 Å². The molecule has 0 aromatic carbocycles. The van der Waals surface area contributed by atoms with E-state index in [2.05, 4.69) is 9.59 Å². The molecule has 2 rings (SSSR count). The van der Waals surface area contributed by atoms with E-state index in [9.17, 15) is 0 Å². The van der Waals surface area contributed by atoms with Gasteiger partial charge < -0.3 is 10.5 Å². The van der Waals surface area contributed by atoms with E-state index in [1.54, 1.807) is 0 Å². The Morgan fingerprint density at radius 3 is 3.25 bits per heavy atom. The van der Waals surface area contributed by atoms with E-state index in [-0.39, 0.29) is 0 Å². The third kappa shape index (κ3) is 1.35. The Morgan fingerprint density at radius 1 is 1.67 bits per heavy atom. The first kappa shape index (κ1) is 8.10. The zero-order chi connectivity index (χ0) is 8.39. The summed E-state index contributed by atoms with van der Waals surface area (Å²) in [7, 11) is 0. The van der Waals surface area contributed by atoms with Crippen LogP contribution in [0.25, 0.3) is 0 Å². The molecule has 1 aliphatic rings. The second kappa shape index (κ2) is 3.47. The van der Waals surface area contributed by atoms with Gasteiger partial charge in [0, 0.05) is 19.1 Å². The molecule has 1 aliphatic heterocycles. The monoisotopic (exact) mass is 185 g/mol. The number of nitrogens with two attached hydrogens (primary N) is 1. The molecule has 0 spiro atoms. The van der Waals surface area contributed by atoms with Gasteiger partial charge in [0.15, 0.2) is 0 Å². The molecule has 0 radical (unpaired) electrons. The highest BCUT2D eigenvalue weighted by Crippen LogP contribution is 2.27. The normalized spacial score (nSPS) is 23.2. The van der Waals surface area contributed by atoms with Crippen molar-refractivity contribution >= 4 is 11.5 Å². The Hall–Kier alpha value is -0.520. The number of aromatic nitrogens is 2. The zero-order valence-corrected chi connectivity index (χ0v) is 7.51. The minimum absolute atomic E-state index is 0.433. The van der Waals surface area contributed by atoms with E-state index in [0.29, 0.717) is 12.5 Å². The first-order valence-corrected chi connectivity index (χ1v) is 4.78. The van der Waals surface area contributed by atoms with Crippen LogP contribution in [0.5, 0.6) is 0 Å². The van der Waals surface area contributed by atoms with E-state index in [1.807, 2.05) is 0 Å². The van der Waals surface area contributed by atoms with Gasteiger partial charge in [-0.15, -0.1) is 5.10 Å². The Labute approximate surface area is 74.9 Å². The van der Waals surface area contributed by atoms with Crippen molar-refractivity contribution in [3.63, 3.8) is 0 Å². The van der Waals surface area contributed by atoms with Crippen molar-refractivity contribution in [2.75, 3.05) is 13.2 Å². The molecule has 2 heterocycles. The molecule has 1 aromatic rings. The molecule has 0 bridgehead atoms. The average molecular weight is 185 g/mol. The average Bonchev–Trinajstić information content (AvgIpc) is 2.74. The molecule has 0 saturated carbocycles. The lowest BCUT2D eigenvalue weighted by atomic mass is 10.0. The molecule has 1 fully saturated rings. The summed E-state index contributed by atoms with van der Waals surface area (Å²) in [4.78, 5) is 1.10. The smallest absolute Gasteiger partial charge is 0.0855 e. The molecule has 1 atom stereocenters. The number of hydrogen-bond acceptors (Lipinski definition) is 5. The number of ether oxygens (including phenoxy) is 1. The molecule has 4 nitrogen and oxygen atoms in total. The third-order valence-electron chi connectivity index (χ3n) is 2.09. The Kier molecular flexibility index (Phi) is 2.34. The van der Waals surface area contributed by atoms with Gasteiger partial charge in [0.1, 0.15) is 0 Å². The lowest BCUT2D eigenvalue weighted by Crippen LogP contribution is -2.04. The molecule has 1 saturated heterocycles. The number of nitrogens with zero attached hydrogens (tertiary/aromatic N) is 2. The lowest BCUT2D eigenvalue weighted by molar-refractivity contribution is 0.193. The third-order valence-corrected chi connectivity index (χ3v) is 2.85. The summed E-state index contributed by atoms with van der Waals surface area (Å²) in [5, 5.41) is 4.08. The van der Waals surface area contributed by atoms with Crippen LogP contribution >= 0.6 is 11.5 Å². The summed E-state index contributed by atoms with van der Waals surface area (Å²) in [6.07, 6.45) is 1.05. The number of rotatable bonds is 2. The van der Waals surface area contributed by atoms with Crippen LogP contribution in [0, 0.1) is 0 Å². The second-order valence-electron chi connectivity index (χ2n) is 2.85. The van der Waals surface area contributed by atoms with E-state index in [1.165, 1.54) is 11.5 Å². The molecule has 66 valence electrons. The van der Waals surface area contributed by atoms with Crippen molar-refractivity contribution in [1.82, 2.24) is 9.59 Å². The zero-order valence-electron chi connectivity index (χ0n) is 6.69. The second-order valence-corrected chi connectivity index (χ2v) is 3.68. The fourth-order valence-electron chi connectivity index (χ4n) is 1.42. The van der Waals surface area contributed by atoms with Crippen LogP contribution in [0.2, 0.25) is 0 Å². The predicted octanol–water partition coefficient (Wildman–Crippen LogP) is 0.501. The van der Waals surface area contributed by atoms with Crippen LogP contribution in [0.3, 0.4) is 0 Å². The molecule has 2 N–H and O–H groups in total. The van der Waals surface area contributed by atoms with Gasteiger partial charge in [-0.3, -0.25) is 0 Å². The lowest BCUT2D eigenvalue weighted by Gasteiger charge is -2.03. The SMILES string of the molecule is NCc1snnc1C1CCOC1. The Bertz CT molecular complexity index is 257. The molecule has 0 aliphatic carbocycles. The van der Waals surface area contributed by atoms with E-state index >= 15 is 0 Å². The van der Waals surface area contributed by atoms with Crippen molar-refractivity contribution in [3.8, 4) is 0 Å². The molecule has 1 unspecified atom stereocenters. The van der Waals surface area contributed by atoms with Crippen LogP contribution in [0.15, 0.2) is 0 Å². The summed E-state index contributed by atoms with van der Waals surface area (Å²) in [5.74, 6) is 0.433. The minimum atomic E-state index is 0.433. The minimum Gasteiger partial charge on any atom is -0.381 e. The van der Waals surface area contributed by atoms with Gasteiger partial charge in [0.2, 0.25) is 0 Å². The summed E-state index contributed by atoms with van der Waals surface area (Å²) >= 11 is 1.39. The van der Waals surface area contributed by atoms with Crippen molar-refractivity contribution in [2.24, 2.45) is 5.73 Å².